The minimum atomic E-state index is -0.307. The molecule has 1 atom stereocenters. The van der Waals surface area contributed by atoms with Crippen LogP contribution in [0.4, 0.5) is 5.13 Å². The van der Waals surface area contributed by atoms with Crippen LogP contribution in [-0.4, -0.2) is 30.6 Å². The minimum absolute atomic E-state index is 0.307. The van der Waals surface area contributed by atoms with Crippen LogP contribution in [0.25, 0.3) is 0 Å². The molecule has 102 valence electrons. The topological polar surface area (TPSA) is 42.4 Å². The molecule has 5 heteroatoms. The number of aromatic nitrogens is 1. The highest BCUT2D eigenvalue weighted by Gasteiger charge is 2.18. The lowest BCUT2D eigenvalue weighted by molar-refractivity contribution is 0.0606. The molecule has 0 N–H and O–H groups in total. The van der Waals surface area contributed by atoms with Crippen molar-refractivity contribution in [3.8, 4) is 0 Å². The molecule has 0 aliphatic heterocycles. The summed E-state index contributed by atoms with van der Waals surface area (Å²) < 4.78 is 4.71. The highest BCUT2D eigenvalue weighted by atomic mass is 32.1. The van der Waals surface area contributed by atoms with E-state index < -0.39 is 0 Å². The van der Waals surface area contributed by atoms with Crippen LogP contribution in [-0.2, 0) is 4.74 Å². The van der Waals surface area contributed by atoms with Crippen molar-refractivity contribution in [2.75, 3.05) is 18.6 Å². The Kier molecular flexibility index (Phi) is 6.12. The van der Waals surface area contributed by atoms with E-state index in [9.17, 15) is 4.79 Å². The van der Waals surface area contributed by atoms with Crippen molar-refractivity contribution in [2.24, 2.45) is 0 Å². The van der Waals surface area contributed by atoms with Crippen LogP contribution in [0.5, 0.6) is 0 Å². The van der Waals surface area contributed by atoms with E-state index in [4.69, 9.17) is 4.74 Å². The number of hydrogen-bond acceptors (Lipinski definition) is 5. The summed E-state index contributed by atoms with van der Waals surface area (Å²) in [6, 6.07) is 0.438. The van der Waals surface area contributed by atoms with Crippen molar-refractivity contribution in [1.29, 1.82) is 0 Å². The largest absolute Gasteiger partial charge is 0.465 e. The zero-order chi connectivity index (χ0) is 13.5. The quantitative estimate of drug-likeness (QED) is 0.713. The van der Waals surface area contributed by atoms with E-state index in [0.717, 1.165) is 30.9 Å². The molecule has 1 unspecified atom stereocenters. The number of hydrogen-bond donors (Lipinski definition) is 0. The molecule has 0 aliphatic rings. The molecule has 0 amide bonds. The van der Waals surface area contributed by atoms with Crippen molar-refractivity contribution in [3.05, 3.63) is 11.1 Å². The van der Waals surface area contributed by atoms with Crippen molar-refractivity contribution < 1.29 is 9.53 Å². The van der Waals surface area contributed by atoms with Crippen LogP contribution in [0, 0.1) is 0 Å². The molecular formula is C13H22N2O2S. The number of carbonyl (C=O) groups excluding carboxylic acids is 1. The van der Waals surface area contributed by atoms with Crippen LogP contribution >= 0.6 is 11.3 Å². The van der Waals surface area contributed by atoms with Crippen LogP contribution < -0.4 is 4.90 Å². The predicted octanol–water partition coefficient (Wildman–Crippen LogP) is 3.33. The van der Waals surface area contributed by atoms with E-state index in [1.807, 2.05) is 0 Å². The zero-order valence-corrected chi connectivity index (χ0v) is 12.4. The molecule has 4 nitrogen and oxygen atoms in total. The minimum Gasteiger partial charge on any atom is -0.465 e. The molecule has 0 fully saturated rings. The van der Waals surface area contributed by atoms with Crippen LogP contribution in [0.1, 0.15) is 49.7 Å². The average molecular weight is 270 g/mol. The summed E-state index contributed by atoms with van der Waals surface area (Å²) in [5, 5.41) is 0.915. The van der Waals surface area contributed by atoms with Gasteiger partial charge < -0.3 is 9.64 Å². The number of rotatable bonds is 7. The summed E-state index contributed by atoms with van der Waals surface area (Å²) in [6.07, 6.45) is 4.96. The third-order valence-electron chi connectivity index (χ3n) is 3.00. The fraction of sp³-hybridized carbons (Fsp3) is 0.692. The first-order valence-electron chi connectivity index (χ1n) is 6.44. The number of ether oxygens (including phenoxy) is 1. The van der Waals surface area contributed by atoms with Gasteiger partial charge in [0.2, 0.25) is 0 Å². The molecule has 1 rings (SSSR count). The van der Waals surface area contributed by atoms with Gasteiger partial charge in [0, 0.05) is 12.6 Å². The molecule has 0 saturated carbocycles. The molecule has 0 radical (unpaired) electrons. The second-order valence-corrected chi connectivity index (χ2v) is 5.31. The molecule has 0 spiro atoms. The smallest absolute Gasteiger partial charge is 0.349 e. The van der Waals surface area contributed by atoms with Crippen molar-refractivity contribution >= 4 is 22.4 Å². The predicted molar refractivity (Wildman–Crippen MR) is 75.5 cm³/mol. The van der Waals surface area contributed by atoms with E-state index >= 15 is 0 Å². The molecule has 1 heterocycles. The number of esters is 1. The van der Waals surface area contributed by atoms with Gasteiger partial charge in [0.15, 0.2) is 5.13 Å². The van der Waals surface area contributed by atoms with E-state index in [0.29, 0.717) is 10.9 Å². The van der Waals surface area contributed by atoms with Gasteiger partial charge in [-0.2, -0.15) is 0 Å². The summed E-state index contributed by atoms with van der Waals surface area (Å²) in [6.45, 7) is 7.52. The lowest BCUT2D eigenvalue weighted by Crippen LogP contribution is -2.33. The third-order valence-corrected chi connectivity index (χ3v) is 4.02. The molecule has 1 aromatic rings. The van der Waals surface area contributed by atoms with Gasteiger partial charge in [0.25, 0.3) is 0 Å². The van der Waals surface area contributed by atoms with Crippen molar-refractivity contribution in [2.45, 2.75) is 46.1 Å². The molecule has 0 aromatic carbocycles. The van der Waals surface area contributed by atoms with Crippen LogP contribution in [0.3, 0.4) is 0 Å². The lowest BCUT2D eigenvalue weighted by Gasteiger charge is -2.27. The van der Waals surface area contributed by atoms with Crippen LogP contribution in [0.15, 0.2) is 6.20 Å². The summed E-state index contributed by atoms with van der Waals surface area (Å²) in [4.78, 5) is 18.6. The fourth-order valence-corrected chi connectivity index (χ4v) is 2.61. The molecule has 0 aliphatic carbocycles. The Bertz CT molecular complexity index is 379. The second kappa shape index (κ2) is 7.36. The average Bonchev–Trinajstić information content (AvgIpc) is 2.87. The highest BCUT2D eigenvalue weighted by Crippen LogP contribution is 2.26. The highest BCUT2D eigenvalue weighted by molar-refractivity contribution is 7.17. The van der Waals surface area contributed by atoms with Crippen LogP contribution in [0.2, 0.25) is 0 Å². The van der Waals surface area contributed by atoms with Crippen molar-refractivity contribution in [3.63, 3.8) is 0 Å². The Morgan fingerprint density at radius 3 is 2.83 bits per heavy atom. The fourth-order valence-electron chi connectivity index (χ4n) is 1.65. The Morgan fingerprint density at radius 2 is 2.28 bits per heavy atom. The van der Waals surface area contributed by atoms with Gasteiger partial charge in [-0.15, -0.1) is 0 Å². The van der Waals surface area contributed by atoms with Gasteiger partial charge in [-0.25, -0.2) is 9.78 Å². The van der Waals surface area contributed by atoms with Gasteiger partial charge in [-0.3, -0.25) is 0 Å². The van der Waals surface area contributed by atoms with E-state index in [1.165, 1.54) is 18.4 Å². The summed E-state index contributed by atoms with van der Waals surface area (Å²) >= 11 is 1.41. The normalized spacial score (nSPS) is 12.2. The van der Waals surface area contributed by atoms with E-state index in [1.54, 1.807) is 6.20 Å². The number of nitrogens with zero attached hydrogens (tertiary/aromatic N) is 2. The summed E-state index contributed by atoms with van der Waals surface area (Å²) in [7, 11) is 1.39. The SMILES string of the molecule is CCCCN(c1ncc(C(=O)OC)s1)C(C)CC. The molecular weight excluding hydrogens is 248 g/mol. The third kappa shape index (κ3) is 3.70. The number of carbonyl (C=O) groups is 1. The maximum Gasteiger partial charge on any atom is 0.349 e. The second-order valence-electron chi connectivity index (χ2n) is 4.30. The summed E-state index contributed by atoms with van der Waals surface area (Å²) in [5.74, 6) is -0.307. The van der Waals surface area contributed by atoms with Gasteiger partial charge in [-0.05, 0) is 19.8 Å². The molecule has 1 aromatic heterocycles. The van der Waals surface area contributed by atoms with Gasteiger partial charge in [0.05, 0.1) is 13.3 Å². The lowest BCUT2D eigenvalue weighted by atomic mass is 10.2. The summed E-state index contributed by atoms with van der Waals surface area (Å²) in [5.41, 5.74) is 0. The number of methoxy groups -OCH3 is 1. The first kappa shape index (κ1) is 15.0. The number of anilines is 1. The molecule has 0 saturated heterocycles. The van der Waals surface area contributed by atoms with E-state index in [2.05, 4.69) is 30.7 Å². The van der Waals surface area contributed by atoms with Gasteiger partial charge in [0.1, 0.15) is 4.88 Å². The van der Waals surface area contributed by atoms with Gasteiger partial charge in [-0.1, -0.05) is 31.6 Å². The van der Waals surface area contributed by atoms with Crippen molar-refractivity contribution in [1.82, 2.24) is 4.98 Å². The number of unbranched alkanes of at least 4 members (excludes halogenated alkanes) is 1. The standard InChI is InChI=1S/C13H22N2O2S/c1-5-7-8-15(10(3)6-2)13-14-9-11(18-13)12(16)17-4/h9-10H,5-8H2,1-4H3. The number of thiazole rings is 1. The first-order valence-corrected chi connectivity index (χ1v) is 7.26. The molecule has 18 heavy (non-hydrogen) atoms. The molecule has 0 bridgehead atoms. The van der Waals surface area contributed by atoms with Gasteiger partial charge >= 0.3 is 5.97 Å². The first-order chi connectivity index (χ1) is 8.63. The van der Waals surface area contributed by atoms with E-state index in [-0.39, 0.29) is 5.97 Å². The Balaban J connectivity index is 2.84. The zero-order valence-electron chi connectivity index (χ0n) is 11.6. The maximum atomic E-state index is 11.4. The Morgan fingerprint density at radius 1 is 1.56 bits per heavy atom. The Labute approximate surface area is 113 Å². The monoisotopic (exact) mass is 270 g/mol. The maximum absolute atomic E-state index is 11.4. The Hall–Kier alpha value is -1.10.